The van der Waals surface area contributed by atoms with Crippen molar-refractivity contribution < 1.29 is 15.0 Å². The Morgan fingerprint density at radius 1 is 1.57 bits per heavy atom. The van der Waals surface area contributed by atoms with Gasteiger partial charge >= 0.3 is 5.97 Å². The van der Waals surface area contributed by atoms with Crippen LogP contribution in [0.15, 0.2) is 11.2 Å². The molecule has 0 aromatic carbocycles. The van der Waals surface area contributed by atoms with Crippen molar-refractivity contribution in [2.45, 2.75) is 12.1 Å². The number of carboxylic acids is 1. The molecule has 6 heteroatoms. The standard InChI is InChI=1S/C8H10N2O3S/c1-5-4-6(7(12)13)10-8(9-5)14-3-2-11/h4,11H,2-3H2,1H3,(H,12,13). The highest BCUT2D eigenvalue weighted by Gasteiger charge is 2.08. The summed E-state index contributed by atoms with van der Waals surface area (Å²) in [5, 5.41) is 17.7. The fraction of sp³-hybridized carbons (Fsp3) is 0.375. The lowest BCUT2D eigenvalue weighted by Gasteiger charge is -2.01. The Hall–Kier alpha value is -1.14. The minimum absolute atomic E-state index is 0.0158. The zero-order valence-electron chi connectivity index (χ0n) is 7.60. The maximum absolute atomic E-state index is 10.6. The highest BCUT2D eigenvalue weighted by atomic mass is 32.2. The number of rotatable bonds is 4. The lowest BCUT2D eigenvalue weighted by Crippen LogP contribution is -2.04. The van der Waals surface area contributed by atoms with Crippen molar-refractivity contribution in [2.24, 2.45) is 0 Å². The molecule has 0 spiro atoms. The van der Waals surface area contributed by atoms with E-state index in [1.54, 1.807) is 6.92 Å². The Labute approximate surface area is 85.2 Å². The lowest BCUT2D eigenvalue weighted by atomic mass is 10.3. The predicted octanol–water partition coefficient (Wildman–Crippen LogP) is 0.568. The molecule has 1 aromatic rings. The molecule has 5 nitrogen and oxygen atoms in total. The van der Waals surface area contributed by atoms with Crippen LogP contribution in [0.1, 0.15) is 16.2 Å². The largest absolute Gasteiger partial charge is 0.477 e. The van der Waals surface area contributed by atoms with Crippen molar-refractivity contribution in [1.82, 2.24) is 9.97 Å². The van der Waals surface area contributed by atoms with Crippen LogP contribution in [-0.4, -0.2) is 38.5 Å². The monoisotopic (exact) mass is 214 g/mol. The average molecular weight is 214 g/mol. The van der Waals surface area contributed by atoms with Crippen molar-refractivity contribution in [2.75, 3.05) is 12.4 Å². The first-order valence-electron chi connectivity index (χ1n) is 3.96. The lowest BCUT2D eigenvalue weighted by molar-refractivity contribution is 0.0689. The van der Waals surface area contributed by atoms with Gasteiger partial charge in [0.15, 0.2) is 10.9 Å². The zero-order chi connectivity index (χ0) is 10.6. The topological polar surface area (TPSA) is 83.3 Å². The first kappa shape index (κ1) is 10.9. The van der Waals surface area contributed by atoms with Crippen LogP contribution in [0.25, 0.3) is 0 Å². The molecule has 14 heavy (non-hydrogen) atoms. The Morgan fingerprint density at radius 3 is 2.86 bits per heavy atom. The number of hydrogen-bond donors (Lipinski definition) is 2. The smallest absolute Gasteiger partial charge is 0.354 e. The molecule has 1 rings (SSSR count). The highest BCUT2D eigenvalue weighted by Crippen LogP contribution is 2.13. The number of aliphatic hydroxyl groups excluding tert-OH is 1. The predicted molar refractivity (Wildman–Crippen MR) is 51.5 cm³/mol. The Kier molecular flexibility index (Phi) is 3.84. The van der Waals surface area contributed by atoms with Gasteiger partial charge in [0, 0.05) is 11.4 Å². The van der Waals surface area contributed by atoms with Gasteiger partial charge in [0.1, 0.15) is 0 Å². The van der Waals surface area contributed by atoms with Crippen LogP contribution in [0, 0.1) is 6.92 Å². The normalized spacial score (nSPS) is 10.1. The maximum atomic E-state index is 10.6. The van der Waals surface area contributed by atoms with Crippen LogP contribution in [0.4, 0.5) is 0 Å². The van der Waals surface area contributed by atoms with Crippen molar-refractivity contribution in [3.05, 3.63) is 17.5 Å². The van der Waals surface area contributed by atoms with E-state index in [1.807, 2.05) is 0 Å². The summed E-state index contributed by atoms with van der Waals surface area (Å²) in [5.74, 6) is -0.607. The number of aromatic nitrogens is 2. The fourth-order valence-electron chi connectivity index (χ4n) is 0.852. The summed E-state index contributed by atoms with van der Waals surface area (Å²) < 4.78 is 0. The molecular weight excluding hydrogens is 204 g/mol. The Bertz CT molecular complexity index is 343. The van der Waals surface area contributed by atoms with E-state index in [-0.39, 0.29) is 12.3 Å². The van der Waals surface area contributed by atoms with Gasteiger partial charge in [-0.15, -0.1) is 0 Å². The molecule has 0 aliphatic heterocycles. The van der Waals surface area contributed by atoms with Gasteiger partial charge in [-0.05, 0) is 13.0 Å². The second kappa shape index (κ2) is 4.92. The summed E-state index contributed by atoms with van der Waals surface area (Å²) >= 11 is 1.23. The third kappa shape index (κ3) is 2.97. The van der Waals surface area contributed by atoms with Gasteiger partial charge in [-0.1, -0.05) is 11.8 Å². The van der Waals surface area contributed by atoms with Crippen LogP contribution >= 0.6 is 11.8 Å². The third-order valence-electron chi connectivity index (χ3n) is 1.38. The summed E-state index contributed by atoms with van der Waals surface area (Å²) in [5.41, 5.74) is 0.593. The molecule has 0 bridgehead atoms. The molecule has 0 saturated heterocycles. The van der Waals surface area contributed by atoms with E-state index in [0.717, 1.165) is 0 Å². The minimum atomic E-state index is -1.07. The molecule has 0 saturated carbocycles. The van der Waals surface area contributed by atoms with Crippen molar-refractivity contribution in [3.8, 4) is 0 Å². The first-order chi connectivity index (χ1) is 6.63. The fourth-order valence-corrected chi connectivity index (χ4v) is 1.50. The summed E-state index contributed by atoms with van der Waals surface area (Å²) in [7, 11) is 0. The SMILES string of the molecule is Cc1cc(C(=O)O)nc(SCCO)n1. The van der Waals surface area contributed by atoms with E-state index in [0.29, 0.717) is 16.6 Å². The number of hydrogen-bond acceptors (Lipinski definition) is 5. The van der Waals surface area contributed by atoms with Gasteiger partial charge in [-0.2, -0.15) is 0 Å². The molecule has 0 atom stereocenters. The summed E-state index contributed by atoms with van der Waals surface area (Å²) in [4.78, 5) is 18.5. The number of nitrogens with zero attached hydrogens (tertiary/aromatic N) is 2. The zero-order valence-corrected chi connectivity index (χ0v) is 8.41. The number of aromatic carboxylic acids is 1. The Morgan fingerprint density at radius 2 is 2.29 bits per heavy atom. The molecule has 2 N–H and O–H groups in total. The number of aryl methyl sites for hydroxylation is 1. The first-order valence-corrected chi connectivity index (χ1v) is 4.94. The van der Waals surface area contributed by atoms with E-state index in [2.05, 4.69) is 9.97 Å². The van der Waals surface area contributed by atoms with Crippen LogP contribution in [0.5, 0.6) is 0 Å². The molecule has 76 valence electrons. The molecular formula is C8H10N2O3S. The highest BCUT2D eigenvalue weighted by molar-refractivity contribution is 7.99. The number of carboxylic acid groups (broad SMARTS) is 1. The maximum Gasteiger partial charge on any atom is 0.354 e. The van der Waals surface area contributed by atoms with E-state index in [1.165, 1.54) is 17.8 Å². The van der Waals surface area contributed by atoms with Crippen molar-refractivity contribution in [1.29, 1.82) is 0 Å². The molecule has 1 heterocycles. The van der Waals surface area contributed by atoms with Crippen molar-refractivity contribution >= 4 is 17.7 Å². The van der Waals surface area contributed by atoms with Crippen molar-refractivity contribution in [3.63, 3.8) is 0 Å². The second-order valence-electron chi connectivity index (χ2n) is 2.55. The van der Waals surface area contributed by atoms with E-state index in [9.17, 15) is 4.79 Å². The van der Waals surface area contributed by atoms with Crippen LogP contribution in [0.2, 0.25) is 0 Å². The van der Waals surface area contributed by atoms with Gasteiger partial charge < -0.3 is 10.2 Å². The molecule has 0 aliphatic carbocycles. The van der Waals surface area contributed by atoms with E-state index < -0.39 is 5.97 Å². The van der Waals surface area contributed by atoms with Gasteiger partial charge in [-0.25, -0.2) is 14.8 Å². The van der Waals surface area contributed by atoms with Gasteiger partial charge in [0.05, 0.1) is 6.61 Å². The van der Waals surface area contributed by atoms with Gasteiger partial charge in [-0.3, -0.25) is 0 Å². The molecule has 0 radical (unpaired) electrons. The molecule has 0 amide bonds. The molecule has 1 aromatic heterocycles. The second-order valence-corrected chi connectivity index (χ2v) is 3.62. The minimum Gasteiger partial charge on any atom is -0.477 e. The molecule has 0 unspecified atom stereocenters. The summed E-state index contributed by atoms with van der Waals surface area (Å²) in [6.07, 6.45) is 0. The van der Waals surface area contributed by atoms with Crippen LogP contribution in [-0.2, 0) is 0 Å². The number of aliphatic hydroxyl groups is 1. The Balaban J connectivity index is 2.89. The number of thioether (sulfide) groups is 1. The van der Waals surface area contributed by atoms with E-state index in [4.69, 9.17) is 10.2 Å². The number of carbonyl (C=O) groups is 1. The van der Waals surface area contributed by atoms with Gasteiger partial charge in [0.2, 0.25) is 0 Å². The quantitative estimate of drug-likeness (QED) is 0.563. The van der Waals surface area contributed by atoms with E-state index >= 15 is 0 Å². The average Bonchev–Trinajstić information content (AvgIpc) is 2.14. The summed E-state index contributed by atoms with van der Waals surface area (Å²) in [6, 6.07) is 1.41. The molecule has 0 aliphatic rings. The van der Waals surface area contributed by atoms with Gasteiger partial charge in [0.25, 0.3) is 0 Å². The molecule has 0 fully saturated rings. The van der Waals surface area contributed by atoms with Crippen LogP contribution in [0.3, 0.4) is 0 Å². The third-order valence-corrected chi connectivity index (χ3v) is 2.20. The summed E-state index contributed by atoms with van der Waals surface area (Å²) in [6.45, 7) is 1.72. The van der Waals surface area contributed by atoms with Crippen LogP contribution < -0.4 is 0 Å².